The summed E-state index contributed by atoms with van der Waals surface area (Å²) in [6.45, 7) is 0. The Hall–Kier alpha value is -1.36. The second kappa shape index (κ2) is 7.07. The van der Waals surface area contributed by atoms with Crippen LogP contribution in [0.25, 0.3) is 0 Å². The second-order valence-corrected chi connectivity index (χ2v) is 6.58. The second-order valence-electron chi connectivity index (χ2n) is 4.38. The third-order valence-corrected chi connectivity index (χ3v) is 5.22. The predicted octanol–water partition coefficient (Wildman–Crippen LogP) is 3.93. The number of halogens is 2. The van der Waals surface area contributed by atoms with E-state index < -0.39 is 16.8 Å². The lowest BCUT2D eigenvalue weighted by Gasteiger charge is -2.10. The van der Waals surface area contributed by atoms with E-state index in [1.165, 1.54) is 0 Å². The molecule has 0 amide bonds. The van der Waals surface area contributed by atoms with Gasteiger partial charge in [0.2, 0.25) is 0 Å². The summed E-state index contributed by atoms with van der Waals surface area (Å²) >= 11 is 12.1. The molecule has 2 rings (SSSR count). The Morgan fingerprint density at radius 1 is 1.00 bits per heavy atom. The molecule has 2 aromatic rings. The van der Waals surface area contributed by atoms with Crippen LogP contribution in [0.4, 0.5) is 0 Å². The molecule has 0 aliphatic rings. The van der Waals surface area contributed by atoms with Gasteiger partial charge in [-0.25, -0.2) is 0 Å². The lowest BCUT2D eigenvalue weighted by Crippen LogP contribution is -2.06. The lowest BCUT2D eigenvalue weighted by atomic mass is 10.1. The number of hydrogen-bond acceptors (Lipinski definition) is 2. The summed E-state index contributed by atoms with van der Waals surface area (Å²) in [5, 5.41) is 9.60. The zero-order valence-electron chi connectivity index (χ0n) is 10.9. The Bertz CT molecular complexity index is 681. The summed E-state index contributed by atoms with van der Waals surface area (Å²) in [4.78, 5) is 11.2. The van der Waals surface area contributed by atoms with Crippen LogP contribution in [0.5, 0.6) is 0 Å². The van der Waals surface area contributed by atoms with Crippen LogP contribution in [0.3, 0.4) is 0 Å². The van der Waals surface area contributed by atoms with Crippen molar-refractivity contribution in [3.8, 4) is 0 Å². The van der Waals surface area contributed by atoms with Gasteiger partial charge in [0.05, 0.1) is 37.9 Å². The van der Waals surface area contributed by atoms with Gasteiger partial charge in [0.15, 0.2) is 0 Å². The molecule has 3 nitrogen and oxygen atoms in total. The standard InChI is InChI=1S/C15H12Cl2O3S/c16-12-6-3-7-13(17)15(12)21(20)9-11-5-2-1-4-10(11)8-14(18)19/h1-7H,8-9H2,(H,18,19). The summed E-state index contributed by atoms with van der Waals surface area (Å²) in [6, 6.07) is 12.0. The maximum Gasteiger partial charge on any atom is 0.307 e. The molecule has 0 aliphatic carbocycles. The number of hydrogen-bond donors (Lipinski definition) is 1. The number of carboxylic acids is 1. The number of rotatable bonds is 5. The number of carbonyl (C=O) groups is 1. The van der Waals surface area contributed by atoms with E-state index in [0.717, 1.165) is 0 Å². The van der Waals surface area contributed by atoms with E-state index in [1.54, 1.807) is 42.5 Å². The topological polar surface area (TPSA) is 54.4 Å². The molecule has 0 saturated heterocycles. The molecule has 0 radical (unpaired) electrons. The highest BCUT2D eigenvalue weighted by atomic mass is 35.5. The Balaban J connectivity index is 2.30. The van der Waals surface area contributed by atoms with E-state index >= 15 is 0 Å². The average Bonchev–Trinajstić information content (AvgIpc) is 2.40. The normalized spacial score (nSPS) is 12.1. The fraction of sp³-hybridized carbons (Fsp3) is 0.133. The van der Waals surface area contributed by atoms with E-state index in [1.807, 2.05) is 0 Å². The molecular weight excluding hydrogens is 331 g/mol. The molecule has 0 saturated carbocycles. The van der Waals surface area contributed by atoms with Crippen LogP contribution in [0, 0.1) is 0 Å². The van der Waals surface area contributed by atoms with Crippen LogP contribution < -0.4 is 0 Å². The summed E-state index contributed by atoms with van der Waals surface area (Å²) in [5.74, 6) is -0.753. The van der Waals surface area contributed by atoms with Crippen LogP contribution in [0.15, 0.2) is 47.4 Å². The number of aliphatic carboxylic acids is 1. The van der Waals surface area contributed by atoms with E-state index in [-0.39, 0.29) is 12.2 Å². The van der Waals surface area contributed by atoms with Gasteiger partial charge < -0.3 is 5.11 Å². The molecule has 0 fully saturated rings. The minimum Gasteiger partial charge on any atom is -0.481 e. The van der Waals surface area contributed by atoms with E-state index in [4.69, 9.17) is 28.3 Å². The van der Waals surface area contributed by atoms with Crippen LogP contribution in [-0.2, 0) is 27.8 Å². The fourth-order valence-electron chi connectivity index (χ4n) is 1.95. The Morgan fingerprint density at radius 3 is 2.14 bits per heavy atom. The van der Waals surface area contributed by atoms with Crippen molar-refractivity contribution < 1.29 is 14.1 Å². The highest BCUT2D eigenvalue weighted by Gasteiger charge is 2.15. The fourth-order valence-corrected chi connectivity index (χ4v) is 4.14. The zero-order chi connectivity index (χ0) is 15.4. The van der Waals surface area contributed by atoms with Gasteiger partial charge in [0.1, 0.15) is 0 Å². The van der Waals surface area contributed by atoms with Crippen LogP contribution in [0.2, 0.25) is 10.0 Å². The van der Waals surface area contributed by atoms with Crippen molar-refractivity contribution in [1.82, 2.24) is 0 Å². The smallest absolute Gasteiger partial charge is 0.307 e. The van der Waals surface area contributed by atoms with Gasteiger partial charge in [-0.15, -0.1) is 0 Å². The molecule has 110 valence electrons. The van der Waals surface area contributed by atoms with Crippen molar-refractivity contribution in [2.24, 2.45) is 0 Å². The molecule has 6 heteroatoms. The number of carboxylic acid groups (broad SMARTS) is 1. The van der Waals surface area contributed by atoms with Gasteiger partial charge >= 0.3 is 5.97 Å². The minimum atomic E-state index is -1.44. The maximum atomic E-state index is 12.5. The molecule has 0 bridgehead atoms. The number of benzene rings is 2. The summed E-state index contributed by atoms with van der Waals surface area (Å²) < 4.78 is 12.5. The van der Waals surface area contributed by atoms with Gasteiger partial charge in [-0.2, -0.15) is 0 Å². The van der Waals surface area contributed by atoms with Gasteiger partial charge in [-0.05, 0) is 23.3 Å². The van der Waals surface area contributed by atoms with Gasteiger partial charge in [0, 0.05) is 0 Å². The van der Waals surface area contributed by atoms with Crippen molar-refractivity contribution in [1.29, 1.82) is 0 Å². The maximum absolute atomic E-state index is 12.5. The van der Waals surface area contributed by atoms with Crippen LogP contribution in [0.1, 0.15) is 11.1 Å². The summed E-state index contributed by atoms with van der Waals surface area (Å²) in [7, 11) is -1.44. The quantitative estimate of drug-likeness (QED) is 0.895. The van der Waals surface area contributed by atoms with Crippen LogP contribution in [-0.4, -0.2) is 15.3 Å². The largest absolute Gasteiger partial charge is 0.481 e. The summed E-state index contributed by atoms with van der Waals surface area (Å²) in [5.41, 5.74) is 1.36. The van der Waals surface area contributed by atoms with Gasteiger partial charge in [-0.1, -0.05) is 53.5 Å². The third kappa shape index (κ3) is 4.06. The van der Waals surface area contributed by atoms with Crippen LogP contribution >= 0.6 is 23.2 Å². The van der Waals surface area contributed by atoms with E-state index in [0.29, 0.717) is 26.1 Å². The average molecular weight is 343 g/mol. The molecule has 0 spiro atoms. The Labute approximate surface area is 135 Å². The molecule has 0 aliphatic heterocycles. The third-order valence-electron chi connectivity index (χ3n) is 2.89. The first kappa shape index (κ1) is 16.0. The molecular formula is C15H12Cl2O3S. The molecule has 21 heavy (non-hydrogen) atoms. The molecule has 1 N–H and O–H groups in total. The van der Waals surface area contributed by atoms with Gasteiger partial charge in [0.25, 0.3) is 0 Å². The molecule has 0 aromatic heterocycles. The summed E-state index contributed by atoms with van der Waals surface area (Å²) in [6.07, 6.45) is -0.108. The first-order chi connectivity index (χ1) is 9.99. The Morgan fingerprint density at radius 2 is 1.57 bits per heavy atom. The van der Waals surface area contributed by atoms with Crippen molar-refractivity contribution in [2.45, 2.75) is 17.1 Å². The SMILES string of the molecule is O=C(O)Cc1ccccc1CS(=O)c1c(Cl)cccc1Cl. The van der Waals surface area contributed by atoms with Crippen molar-refractivity contribution in [3.63, 3.8) is 0 Å². The molecule has 1 unspecified atom stereocenters. The monoisotopic (exact) mass is 342 g/mol. The Kier molecular flexibility index (Phi) is 5.39. The van der Waals surface area contributed by atoms with E-state index in [2.05, 4.69) is 0 Å². The minimum absolute atomic E-state index is 0.108. The zero-order valence-corrected chi connectivity index (χ0v) is 13.2. The van der Waals surface area contributed by atoms with Gasteiger partial charge in [-0.3, -0.25) is 9.00 Å². The predicted molar refractivity (Wildman–Crippen MR) is 84.4 cm³/mol. The first-order valence-electron chi connectivity index (χ1n) is 6.10. The highest BCUT2D eigenvalue weighted by Crippen LogP contribution is 2.29. The van der Waals surface area contributed by atoms with Crippen molar-refractivity contribution >= 4 is 40.0 Å². The molecule has 0 heterocycles. The van der Waals surface area contributed by atoms with Crippen molar-refractivity contribution in [2.75, 3.05) is 0 Å². The van der Waals surface area contributed by atoms with Crippen molar-refractivity contribution in [3.05, 3.63) is 63.6 Å². The molecule has 1 atom stereocenters. The van der Waals surface area contributed by atoms with E-state index in [9.17, 15) is 9.00 Å². The molecule has 2 aromatic carbocycles. The first-order valence-corrected chi connectivity index (χ1v) is 8.17. The lowest BCUT2D eigenvalue weighted by molar-refractivity contribution is -0.136. The highest BCUT2D eigenvalue weighted by molar-refractivity contribution is 7.84.